The molecule has 0 aromatic heterocycles. The molecule has 0 rings (SSSR count). The average molecular weight is 210 g/mol. The summed E-state index contributed by atoms with van der Waals surface area (Å²) in [5.41, 5.74) is 0. The van der Waals surface area contributed by atoms with Crippen LogP contribution in [0.5, 0.6) is 0 Å². The molecular weight excluding hydrogens is 190 g/mol. The maximum absolute atomic E-state index is 5.00. The predicted molar refractivity (Wildman–Crippen MR) is 59.6 cm³/mol. The minimum atomic E-state index is 0.871. The van der Waals surface area contributed by atoms with Crippen LogP contribution < -0.4 is 0 Å². The monoisotopic (exact) mass is 210 g/mol. The van der Waals surface area contributed by atoms with Gasteiger partial charge < -0.3 is 9.47 Å². The molecule has 2 unspecified atom stereocenters. The van der Waals surface area contributed by atoms with Gasteiger partial charge in [0.1, 0.15) is 0 Å². The van der Waals surface area contributed by atoms with Crippen LogP contribution in [0, 0.1) is 0 Å². The zero-order valence-corrected chi connectivity index (χ0v) is 10.2. The van der Waals surface area contributed by atoms with Crippen LogP contribution in [0.1, 0.15) is 6.92 Å². The Kier molecular flexibility index (Phi) is 10.5. The lowest BCUT2D eigenvalue weighted by Gasteiger charge is -2.10. The standard InChI is InChI=1S/C8H20O2P2/c1-8(11-6-4-9-2)12-7-5-10-3/h8,11-12H,4-7H2,1-3H3. The van der Waals surface area contributed by atoms with Gasteiger partial charge in [-0.05, 0) is 17.7 Å². The van der Waals surface area contributed by atoms with E-state index in [1.165, 1.54) is 12.3 Å². The Hall–Kier alpha value is 0.780. The van der Waals surface area contributed by atoms with E-state index in [2.05, 4.69) is 6.92 Å². The van der Waals surface area contributed by atoms with Crippen molar-refractivity contribution >= 4 is 17.2 Å². The van der Waals surface area contributed by atoms with Gasteiger partial charge in [-0.25, -0.2) is 0 Å². The van der Waals surface area contributed by atoms with E-state index < -0.39 is 0 Å². The van der Waals surface area contributed by atoms with Gasteiger partial charge in [-0.1, -0.05) is 6.92 Å². The van der Waals surface area contributed by atoms with Crippen molar-refractivity contribution in [3.8, 4) is 0 Å². The Morgan fingerprint density at radius 1 is 1.00 bits per heavy atom. The second-order valence-electron chi connectivity index (χ2n) is 2.62. The quantitative estimate of drug-likeness (QED) is 0.450. The van der Waals surface area contributed by atoms with Gasteiger partial charge in [0.2, 0.25) is 0 Å². The van der Waals surface area contributed by atoms with Gasteiger partial charge in [0.05, 0.1) is 0 Å². The van der Waals surface area contributed by atoms with Crippen LogP contribution >= 0.6 is 17.2 Å². The van der Waals surface area contributed by atoms with E-state index in [0.29, 0.717) is 0 Å². The molecular formula is C8H20O2P2. The molecule has 0 bridgehead atoms. The van der Waals surface area contributed by atoms with Crippen LogP contribution in [-0.4, -0.2) is 45.2 Å². The molecule has 0 aliphatic heterocycles. The third kappa shape index (κ3) is 8.87. The minimum Gasteiger partial charge on any atom is -0.384 e. The summed E-state index contributed by atoms with van der Waals surface area (Å²) in [6.07, 6.45) is 2.44. The molecule has 0 saturated carbocycles. The van der Waals surface area contributed by atoms with Gasteiger partial charge in [-0.3, -0.25) is 0 Å². The highest BCUT2D eigenvalue weighted by atomic mass is 31.1. The van der Waals surface area contributed by atoms with Crippen LogP contribution in [0.3, 0.4) is 0 Å². The summed E-state index contributed by atoms with van der Waals surface area (Å²) in [5, 5.41) is 0.871. The number of methoxy groups -OCH3 is 2. The summed E-state index contributed by atoms with van der Waals surface area (Å²) in [6.45, 7) is 4.15. The highest BCUT2D eigenvalue weighted by Crippen LogP contribution is 2.33. The van der Waals surface area contributed by atoms with Crippen LogP contribution in [0.25, 0.3) is 0 Å². The molecule has 4 heteroatoms. The lowest BCUT2D eigenvalue weighted by molar-refractivity contribution is 0.218. The summed E-state index contributed by atoms with van der Waals surface area (Å²) < 4.78 is 10.0. The highest BCUT2D eigenvalue weighted by Gasteiger charge is 2.00. The van der Waals surface area contributed by atoms with Gasteiger partial charge in [0.15, 0.2) is 0 Å². The highest BCUT2D eigenvalue weighted by molar-refractivity contribution is 7.57. The SMILES string of the molecule is COCCPC(C)PCCOC. The van der Waals surface area contributed by atoms with E-state index in [9.17, 15) is 0 Å². The maximum Gasteiger partial charge on any atom is 0.0499 e. The Labute approximate surface area is 79.4 Å². The van der Waals surface area contributed by atoms with Gasteiger partial charge in [-0.2, -0.15) is 0 Å². The number of rotatable bonds is 8. The molecule has 0 aliphatic carbocycles. The fourth-order valence-corrected chi connectivity index (χ4v) is 3.78. The van der Waals surface area contributed by atoms with Crippen LogP contribution in [-0.2, 0) is 9.47 Å². The molecule has 2 nitrogen and oxygen atoms in total. The van der Waals surface area contributed by atoms with Crippen LogP contribution in [0.15, 0.2) is 0 Å². The third-order valence-electron chi connectivity index (χ3n) is 1.51. The number of hydrogen-bond donors (Lipinski definition) is 0. The predicted octanol–water partition coefficient (Wildman–Crippen LogP) is 1.98. The molecule has 0 amide bonds. The molecule has 0 saturated heterocycles. The Morgan fingerprint density at radius 2 is 1.42 bits per heavy atom. The zero-order valence-electron chi connectivity index (χ0n) is 8.22. The van der Waals surface area contributed by atoms with Crippen molar-refractivity contribution in [3.05, 3.63) is 0 Å². The largest absolute Gasteiger partial charge is 0.384 e. The van der Waals surface area contributed by atoms with Crippen molar-refractivity contribution in [2.75, 3.05) is 39.8 Å². The van der Waals surface area contributed by atoms with Gasteiger partial charge in [0.25, 0.3) is 0 Å². The summed E-state index contributed by atoms with van der Waals surface area (Å²) in [4.78, 5) is 0. The van der Waals surface area contributed by atoms with Crippen LogP contribution in [0.4, 0.5) is 0 Å². The fraction of sp³-hybridized carbons (Fsp3) is 1.00. The number of ether oxygens (including phenoxy) is 2. The van der Waals surface area contributed by atoms with Gasteiger partial charge in [0, 0.05) is 27.4 Å². The topological polar surface area (TPSA) is 18.5 Å². The van der Waals surface area contributed by atoms with E-state index >= 15 is 0 Å². The summed E-state index contributed by atoms with van der Waals surface area (Å²) in [6, 6.07) is 0. The van der Waals surface area contributed by atoms with E-state index in [-0.39, 0.29) is 0 Å². The van der Waals surface area contributed by atoms with E-state index in [4.69, 9.17) is 9.47 Å². The van der Waals surface area contributed by atoms with Crippen molar-refractivity contribution < 1.29 is 9.47 Å². The van der Waals surface area contributed by atoms with Crippen molar-refractivity contribution in [1.82, 2.24) is 0 Å². The molecule has 0 N–H and O–H groups in total. The fourth-order valence-electron chi connectivity index (χ4n) is 0.827. The number of hydrogen-bond acceptors (Lipinski definition) is 2. The molecule has 12 heavy (non-hydrogen) atoms. The van der Waals surface area contributed by atoms with Crippen molar-refractivity contribution in [1.29, 1.82) is 0 Å². The smallest absolute Gasteiger partial charge is 0.0499 e. The second kappa shape index (κ2) is 9.86. The van der Waals surface area contributed by atoms with Gasteiger partial charge >= 0.3 is 0 Å². The van der Waals surface area contributed by atoms with Crippen molar-refractivity contribution in [2.24, 2.45) is 0 Å². The first-order valence-corrected chi connectivity index (χ1v) is 6.82. The molecule has 2 atom stereocenters. The maximum atomic E-state index is 5.00. The first-order chi connectivity index (χ1) is 5.81. The molecule has 0 aromatic carbocycles. The Bertz CT molecular complexity index is 81.1. The first kappa shape index (κ1) is 12.8. The van der Waals surface area contributed by atoms with E-state index in [1.54, 1.807) is 14.2 Å². The molecule has 74 valence electrons. The van der Waals surface area contributed by atoms with Crippen molar-refractivity contribution in [3.63, 3.8) is 0 Å². The average Bonchev–Trinajstić information content (AvgIpc) is 2.06. The van der Waals surface area contributed by atoms with E-state index in [0.717, 1.165) is 35.8 Å². The molecule has 0 radical (unpaired) electrons. The third-order valence-corrected chi connectivity index (χ3v) is 4.95. The van der Waals surface area contributed by atoms with Crippen molar-refractivity contribution in [2.45, 2.75) is 12.3 Å². The Morgan fingerprint density at radius 3 is 1.75 bits per heavy atom. The summed E-state index contributed by atoms with van der Waals surface area (Å²) >= 11 is 0. The normalized spacial score (nSPS) is 15.2. The first-order valence-electron chi connectivity index (χ1n) is 4.26. The molecule has 0 aliphatic rings. The molecule has 0 fully saturated rings. The minimum absolute atomic E-state index is 0.871. The second-order valence-corrected chi connectivity index (χ2v) is 6.74. The molecule has 0 spiro atoms. The lowest BCUT2D eigenvalue weighted by atomic mass is 10.9. The van der Waals surface area contributed by atoms with Gasteiger partial charge in [-0.15, -0.1) is 17.2 Å². The van der Waals surface area contributed by atoms with Crippen LogP contribution in [0.2, 0.25) is 0 Å². The summed E-state index contributed by atoms with van der Waals surface area (Å²) in [7, 11) is 5.64. The Balaban J connectivity index is 3.04. The molecule has 0 aromatic rings. The van der Waals surface area contributed by atoms with E-state index in [1.807, 2.05) is 0 Å². The summed E-state index contributed by atoms with van der Waals surface area (Å²) in [5.74, 6) is 0. The zero-order chi connectivity index (χ0) is 9.23. The lowest BCUT2D eigenvalue weighted by Crippen LogP contribution is -1.97. The molecule has 0 heterocycles.